The molecule has 23 heavy (non-hydrogen) atoms. The number of amides is 1. The molecule has 3 N–H and O–H groups in total. The van der Waals surface area contributed by atoms with Crippen molar-refractivity contribution in [3.8, 4) is 0 Å². The predicted molar refractivity (Wildman–Crippen MR) is 92.3 cm³/mol. The minimum absolute atomic E-state index is 0.0127. The van der Waals surface area contributed by atoms with Gasteiger partial charge in [-0.25, -0.2) is 0 Å². The summed E-state index contributed by atoms with van der Waals surface area (Å²) in [7, 11) is 0. The first kappa shape index (κ1) is 16.6. The quantitative estimate of drug-likeness (QED) is 0.523. The van der Waals surface area contributed by atoms with E-state index in [0.717, 1.165) is 38.4 Å². The van der Waals surface area contributed by atoms with Gasteiger partial charge in [0.25, 0.3) is 5.91 Å². The Labute approximate surface area is 144 Å². The second kappa shape index (κ2) is 7.53. The van der Waals surface area contributed by atoms with Gasteiger partial charge in [-0.2, -0.15) is 10.1 Å². The zero-order valence-corrected chi connectivity index (χ0v) is 14.6. The highest BCUT2D eigenvalue weighted by molar-refractivity contribution is 9.10. The number of alkyl halides is 1. The van der Waals surface area contributed by atoms with Crippen LogP contribution in [0.3, 0.4) is 0 Å². The van der Waals surface area contributed by atoms with Gasteiger partial charge < -0.3 is 14.9 Å². The fourth-order valence-electron chi connectivity index (χ4n) is 3.28. The Morgan fingerprint density at radius 3 is 2.57 bits per heavy atom. The Morgan fingerprint density at radius 1 is 1.22 bits per heavy atom. The van der Waals surface area contributed by atoms with Gasteiger partial charge in [0.1, 0.15) is 38.8 Å². The largest absolute Gasteiger partial charge is 0.391 e. The van der Waals surface area contributed by atoms with Gasteiger partial charge in [-0.05, 0) is 12.1 Å². The number of hydrogen-bond donors (Lipinski definition) is 3. The van der Waals surface area contributed by atoms with E-state index in [9.17, 15) is 4.79 Å². The van der Waals surface area contributed by atoms with E-state index in [2.05, 4.69) is 21.0 Å². The second-order valence-electron chi connectivity index (χ2n) is 6.06. The molecule has 6 nitrogen and oxygen atoms in total. The second-order valence-corrected chi connectivity index (χ2v) is 7.05. The first-order valence-electron chi connectivity index (χ1n) is 8.07. The Kier molecular flexibility index (Phi) is 5.42. The van der Waals surface area contributed by atoms with Crippen LogP contribution in [-0.4, -0.2) is 67.4 Å². The fourth-order valence-corrected chi connectivity index (χ4v) is 3.99. The van der Waals surface area contributed by atoms with E-state index in [-0.39, 0.29) is 23.4 Å². The predicted octanol–water partition coefficient (Wildman–Crippen LogP) is -2.07. The number of quaternary nitrogens is 2. The number of hydrogen-bond acceptors (Lipinski definition) is 3. The average Bonchev–Trinajstić information content (AvgIpc) is 2.59. The maximum Gasteiger partial charge on any atom is 0.267 e. The number of halogens is 1. The summed E-state index contributed by atoms with van der Waals surface area (Å²) in [6.07, 6.45) is 1.90. The molecule has 0 spiro atoms. The fraction of sp³-hybridized carbons (Fsp3) is 0.500. The van der Waals surface area contributed by atoms with Gasteiger partial charge >= 0.3 is 0 Å². The van der Waals surface area contributed by atoms with E-state index >= 15 is 0 Å². The standard InChI is InChI=1S/C16H21BrN4O2/c17-15-14(20-8-6-19(7-9-20)10-11-22)12-18-21(16(15)23)13-4-2-1-3-5-13/h1-5,12,14-15,22H,6-11H2/p+2/t14-,15-/m0/s1. The molecule has 0 saturated carbocycles. The van der Waals surface area contributed by atoms with Crippen LogP contribution in [0.25, 0.3) is 0 Å². The molecule has 1 fully saturated rings. The molecule has 3 rings (SSSR count). The lowest BCUT2D eigenvalue weighted by atomic mass is 10.1. The molecular formula is C16H23BrN4O2+2. The summed E-state index contributed by atoms with van der Waals surface area (Å²) in [5.74, 6) is -0.0127. The van der Waals surface area contributed by atoms with Gasteiger partial charge in [-0.15, -0.1) is 0 Å². The molecule has 124 valence electrons. The lowest BCUT2D eigenvalue weighted by Gasteiger charge is -2.37. The van der Waals surface area contributed by atoms with Gasteiger partial charge in [0, 0.05) is 0 Å². The summed E-state index contributed by atoms with van der Waals surface area (Å²) >= 11 is 3.59. The molecule has 0 unspecified atom stereocenters. The first-order valence-corrected chi connectivity index (χ1v) is 8.98. The zero-order valence-electron chi connectivity index (χ0n) is 13.0. The summed E-state index contributed by atoms with van der Waals surface area (Å²) in [4.78, 5) is 15.2. The highest BCUT2D eigenvalue weighted by Gasteiger charge is 2.41. The van der Waals surface area contributed by atoms with Crippen LogP contribution in [-0.2, 0) is 4.79 Å². The molecule has 1 saturated heterocycles. The molecule has 1 aromatic rings. The molecule has 2 atom stereocenters. The first-order chi connectivity index (χ1) is 11.2. The van der Waals surface area contributed by atoms with Crippen LogP contribution in [0.2, 0.25) is 0 Å². The summed E-state index contributed by atoms with van der Waals surface area (Å²) in [5.41, 5.74) is 0.795. The Bertz CT molecular complexity index is 560. The summed E-state index contributed by atoms with van der Waals surface area (Å²) in [5, 5.41) is 14.9. The molecule has 0 aromatic heterocycles. The van der Waals surface area contributed by atoms with Crippen molar-refractivity contribution in [1.82, 2.24) is 0 Å². The van der Waals surface area contributed by atoms with Gasteiger partial charge in [0.2, 0.25) is 0 Å². The van der Waals surface area contributed by atoms with Gasteiger partial charge in [-0.1, -0.05) is 34.1 Å². The van der Waals surface area contributed by atoms with E-state index in [1.165, 1.54) is 14.8 Å². The number of nitrogens with zero attached hydrogens (tertiary/aromatic N) is 2. The van der Waals surface area contributed by atoms with Gasteiger partial charge in [0.05, 0.1) is 18.5 Å². The molecule has 1 amide bonds. The third kappa shape index (κ3) is 3.63. The maximum atomic E-state index is 12.7. The van der Waals surface area contributed by atoms with E-state index in [0.29, 0.717) is 0 Å². The smallest absolute Gasteiger partial charge is 0.267 e. The van der Waals surface area contributed by atoms with Crippen molar-refractivity contribution in [3.05, 3.63) is 30.3 Å². The molecule has 0 bridgehead atoms. The van der Waals surface area contributed by atoms with Crippen LogP contribution in [0.4, 0.5) is 5.69 Å². The van der Waals surface area contributed by atoms with Crippen molar-refractivity contribution < 1.29 is 19.7 Å². The summed E-state index contributed by atoms with van der Waals surface area (Å²) < 4.78 is 0. The minimum atomic E-state index is -0.255. The molecule has 2 aliphatic heterocycles. The molecule has 2 aliphatic rings. The van der Waals surface area contributed by atoms with Crippen LogP contribution in [0, 0.1) is 0 Å². The molecule has 0 aliphatic carbocycles. The number of piperazine rings is 1. The Balaban J connectivity index is 1.68. The van der Waals surface area contributed by atoms with Crippen molar-refractivity contribution in [2.45, 2.75) is 10.9 Å². The summed E-state index contributed by atoms with van der Waals surface area (Å²) in [6.45, 7) is 5.08. The van der Waals surface area contributed by atoms with Gasteiger partial charge in [0.15, 0.2) is 4.83 Å². The monoisotopic (exact) mass is 382 g/mol. The zero-order chi connectivity index (χ0) is 16.2. The maximum absolute atomic E-state index is 12.7. The normalized spacial score (nSPS) is 31.4. The van der Waals surface area contributed by atoms with Crippen LogP contribution in [0.15, 0.2) is 35.4 Å². The number of anilines is 1. The molecule has 7 heteroatoms. The van der Waals surface area contributed by atoms with Crippen molar-refractivity contribution in [2.24, 2.45) is 5.10 Å². The summed E-state index contributed by atoms with van der Waals surface area (Å²) in [6, 6.07) is 9.58. The van der Waals surface area contributed by atoms with Crippen LogP contribution in [0.1, 0.15) is 0 Å². The number of benzene rings is 1. The third-order valence-electron chi connectivity index (χ3n) is 4.64. The molecule has 2 heterocycles. The van der Waals surface area contributed by atoms with Crippen molar-refractivity contribution >= 4 is 33.7 Å². The lowest BCUT2D eigenvalue weighted by Crippen LogP contribution is -3.30. The van der Waals surface area contributed by atoms with E-state index in [1.54, 1.807) is 0 Å². The van der Waals surface area contributed by atoms with Crippen molar-refractivity contribution in [1.29, 1.82) is 0 Å². The number of hydrazone groups is 1. The van der Waals surface area contributed by atoms with E-state index in [1.807, 2.05) is 36.5 Å². The molecular weight excluding hydrogens is 360 g/mol. The minimum Gasteiger partial charge on any atom is -0.391 e. The average molecular weight is 383 g/mol. The lowest BCUT2D eigenvalue weighted by molar-refractivity contribution is -1.02. The number of carbonyl (C=O) groups excluding carboxylic acids is 1. The molecule has 1 aromatic carbocycles. The number of aliphatic hydroxyl groups excluding tert-OH is 1. The number of rotatable bonds is 4. The Morgan fingerprint density at radius 2 is 1.91 bits per heavy atom. The number of nitrogens with one attached hydrogen (secondary N) is 2. The SMILES string of the molecule is O=C1[C@@H](Br)[C@@H]([NH+]2CC[NH+](CCO)CC2)C=NN1c1ccccc1. The molecule has 0 radical (unpaired) electrons. The van der Waals surface area contributed by atoms with Crippen molar-refractivity contribution in [2.75, 3.05) is 44.3 Å². The van der Waals surface area contributed by atoms with E-state index in [4.69, 9.17) is 5.11 Å². The van der Waals surface area contributed by atoms with Crippen LogP contribution >= 0.6 is 15.9 Å². The van der Waals surface area contributed by atoms with E-state index < -0.39 is 0 Å². The number of aliphatic hydroxyl groups is 1. The highest BCUT2D eigenvalue weighted by Crippen LogP contribution is 2.20. The van der Waals surface area contributed by atoms with Crippen LogP contribution < -0.4 is 14.8 Å². The number of carbonyl (C=O) groups is 1. The third-order valence-corrected chi connectivity index (χ3v) is 5.60. The topological polar surface area (TPSA) is 61.8 Å². The highest BCUT2D eigenvalue weighted by atomic mass is 79.9. The van der Waals surface area contributed by atoms with Crippen LogP contribution in [0.5, 0.6) is 0 Å². The van der Waals surface area contributed by atoms with Gasteiger partial charge in [-0.3, -0.25) is 4.79 Å². The van der Waals surface area contributed by atoms with Crippen molar-refractivity contribution in [3.63, 3.8) is 0 Å². The Hall–Kier alpha value is -1.28. The number of para-hydroxylation sites is 1.